The van der Waals surface area contributed by atoms with Gasteiger partial charge in [-0.05, 0) is 50.1 Å². The zero-order valence-electron chi connectivity index (χ0n) is 11.1. The van der Waals surface area contributed by atoms with E-state index in [1.54, 1.807) is 0 Å². The van der Waals surface area contributed by atoms with Crippen LogP contribution in [0.5, 0.6) is 5.75 Å². The average Bonchev–Trinajstić information content (AvgIpc) is 2.34. The van der Waals surface area contributed by atoms with Crippen LogP contribution in [0.15, 0.2) is 36.4 Å². The van der Waals surface area contributed by atoms with Crippen LogP contribution in [0.3, 0.4) is 0 Å². The standard InChI is InChI=1S/C15H23NO/c1-5-14(16-4)10-13-6-8-15(9-7-13)17-11-12(2)3/h6-9,14,16H,2,5,10-11H2,1,3-4H3. The topological polar surface area (TPSA) is 21.3 Å². The Labute approximate surface area is 105 Å². The third-order valence-corrected chi connectivity index (χ3v) is 2.79. The summed E-state index contributed by atoms with van der Waals surface area (Å²) in [5.74, 6) is 0.911. The molecule has 1 N–H and O–H groups in total. The second-order valence-corrected chi connectivity index (χ2v) is 4.49. The van der Waals surface area contributed by atoms with Crippen LogP contribution in [0.25, 0.3) is 0 Å². The highest BCUT2D eigenvalue weighted by Crippen LogP contribution is 2.14. The SMILES string of the molecule is C=C(C)COc1ccc(CC(CC)NC)cc1. The number of likely N-dealkylation sites (N-methyl/N-ethyl adjacent to an activating group) is 1. The van der Waals surface area contributed by atoms with Crippen molar-refractivity contribution in [1.82, 2.24) is 5.32 Å². The monoisotopic (exact) mass is 233 g/mol. The van der Waals surface area contributed by atoms with E-state index in [2.05, 4.69) is 31.0 Å². The van der Waals surface area contributed by atoms with E-state index < -0.39 is 0 Å². The molecule has 0 saturated carbocycles. The van der Waals surface area contributed by atoms with E-state index in [0.29, 0.717) is 12.6 Å². The maximum absolute atomic E-state index is 5.56. The lowest BCUT2D eigenvalue weighted by molar-refractivity contribution is 0.352. The molecule has 1 atom stereocenters. The van der Waals surface area contributed by atoms with Crippen LogP contribution < -0.4 is 10.1 Å². The molecule has 1 unspecified atom stereocenters. The first kappa shape index (κ1) is 13.8. The second kappa shape index (κ2) is 7.13. The Hall–Kier alpha value is -1.28. The highest BCUT2D eigenvalue weighted by Gasteiger charge is 2.04. The summed E-state index contributed by atoms with van der Waals surface area (Å²) in [6.07, 6.45) is 2.21. The first-order valence-electron chi connectivity index (χ1n) is 6.19. The summed E-state index contributed by atoms with van der Waals surface area (Å²) in [7, 11) is 2.01. The first-order valence-corrected chi connectivity index (χ1v) is 6.19. The highest BCUT2D eigenvalue weighted by molar-refractivity contribution is 5.28. The van der Waals surface area contributed by atoms with E-state index in [4.69, 9.17) is 4.74 Å². The predicted octanol–water partition coefficient (Wildman–Crippen LogP) is 3.18. The first-order chi connectivity index (χ1) is 8.15. The van der Waals surface area contributed by atoms with Crippen molar-refractivity contribution < 1.29 is 4.74 Å². The van der Waals surface area contributed by atoms with E-state index in [1.165, 1.54) is 5.56 Å². The zero-order chi connectivity index (χ0) is 12.7. The summed E-state index contributed by atoms with van der Waals surface area (Å²) in [4.78, 5) is 0. The lowest BCUT2D eigenvalue weighted by Gasteiger charge is -2.14. The fraction of sp³-hybridized carbons (Fsp3) is 0.467. The van der Waals surface area contributed by atoms with Crippen molar-refractivity contribution in [3.63, 3.8) is 0 Å². The Balaban J connectivity index is 2.52. The second-order valence-electron chi connectivity index (χ2n) is 4.49. The molecule has 0 radical (unpaired) electrons. The van der Waals surface area contributed by atoms with Crippen LogP contribution in [-0.4, -0.2) is 19.7 Å². The third-order valence-electron chi connectivity index (χ3n) is 2.79. The molecule has 0 amide bonds. The molecule has 0 aliphatic heterocycles. The number of hydrogen-bond donors (Lipinski definition) is 1. The molecule has 0 aliphatic rings. The lowest BCUT2D eigenvalue weighted by Crippen LogP contribution is -2.26. The summed E-state index contributed by atoms with van der Waals surface area (Å²) >= 11 is 0. The molecule has 0 saturated heterocycles. The van der Waals surface area contributed by atoms with Crippen LogP contribution in [-0.2, 0) is 6.42 Å². The van der Waals surface area contributed by atoms with Crippen LogP contribution >= 0.6 is 0 Å². The lowest BCUT2D eigenvalue weighted by atomic mass is 10.0. The van der Waals surface area contributed by atoms with Gasteiger partial charge in [-0.25, -0.2) is 0 Å². The molecule has 0 spiro atoms. The summed E-state index contributed by atoms with van der Waals surface area (Å²) in [5, 5.41) is 3.31. The third kappa shape index (κ3) is 5.05. The van der Waals surface area contributed by atoms with Crippen molar-refractivity contribution in [3.05, 3.63) is 42.0 Å². The van der Waals surface area contributed by atoms with Gasteiger partial charge >= 0.3 is 0 Å². The Kier molecular flexibility index (Phi) is 5.78. The molecule has 2 nitrogen and oxygen atoms in total. The Morgan fingerprint density at radius 2 is 2.00 bits per heavy atom. The Morgan fingerprint density at radius 1 is 1.35 bits per heavy atom. The molecule has 0 heterocycles. The minimum Gasteiger partial charge on any atom is -0.489 e. The van der Waals surface area contributed by atoms with Crippen LogP contribution in [0, 0.1) is 0 Å². The van der Waals surface area contributed by atoms with Crippen LogP contribution in [0.2, 0.25) is 0 Å². The number of nitrogens with one attached hydrogen (secondary N) is 1. The number of ether oxygens (including phenoxy) is 1. The van der Waals surface area contributed by atoms with Gasteiger partial charge in [-0.1, -0.05) is 25.6 Å². The van der Waals surface area contributed by atoms with Crippen LogP contribution in [0.4, 0.5) is 0 Å². The summed E-state index contributed by atoms with van der Waals surface area (Å²) in [6.45, 7) is 8.57. The maximum atomic E-state index is 5.56. The van der Waals surface area contributed by atoms with Gasteiger partial charge in [0, 0.05) is 6.04 Å². The predicted molar refractivity (Wildman–Crippen MR) is 73.6 cm³/mol. The van der Waals surface area contributed by atoms with Crippen molar-refractivity contribution in [2.45, 2.75) is 32.7 Å². The normalized spacial score (nSPS) is 12.2. The zero-order valence-corrected chi connectivity index (χ0v) is 11.1. The fourth-order valence-corrected chi connectivity index (χ4v) is 1.66. The molecule has 0 aliphatic carbocycles. The van der Waals surface area contributed by atoms with E-state index in [0.717, 1.165) is 24.2 Å². The van der Waals surface area contributed by atoms with Crippen LogP contribution in [0.1, 0.15) is 25.8 Å². The summed E-state index contributed by atoms with van der Waals surface area (Å²) < 4.78 is 5.56. The quantitative estimate of drug-likeness (QED) is 0.730. The van der Waals surface area contributed by atoms with E-state index in [9.17, 15) is 0 Å². The van der Waals surface area contributed by atoms with E-state index in [1.807, 2.05) is 26.1 Å². The van der Waals surface area contributed by atoms with Gasteiger partial charge in [-0.2, -0.15) is 0 Å². The number of rotatable bonds is 7. The van der Waals surface area contributed by atoms with Gasteiger partial charge < -0.3 is 10.1 Å². The summed E-state index contributed by atoms with van der Waals surface area (Å²) in [6, 6.07) is 8.88. The number of benzene rings is 1. The highest BCUT2D eigenvalue weighted by atomic mass is 16.5. The van der Waals surface area contributed by atoms with Crippen molar-refractivity contribution >= 4 is 0 Å². The Bertz CT molecular complexity index is 338. The average molecular weight is 233 g/mol. The van der Waals surface area contributed by atoms with Gasteiger partial charge in [0.25, 0.3) is 0 Å². The number of hydrogen-bond acceptors (Lipinski definition) is 2. The molecule has 94 valence electrons. The molecule has 2 heteroatoms. The largest absolute Gasteiger partial charge is 0.489 e. The van der Waals surface area contributed by atoms with Crippen molar-refractivity contribution in [1.29, 1.82) is 0 Å². The van der Waals surface area contributed by atoms with Gasteiger partial charge in [-0.15, -0.1) is 0 Å². The van der Waals surface area contributed by atoms with Gasteiger partial charge in [-0.3, -0.25) is 0 Å². The molecule has 0 fully saturated rings. The van der Waals surface area contributed by atoms with Gasteiger partial charge in [0.15, 0.2) is 0 Å². The fourth-order valence-electron chi connectivity index (χ4n) is 1.66. The van der Waals surface area contributed by atoms with E-state index in [-0.39, 0.29) is 0 Å². The molecule has 0 bridgehead atoms. The molecular formula is C15H23NO. The minimum atomic E-state index is 0.553. The molecule has 0 aromatic heterocycles. The van der Waals surface area contributed by atoms with Gasteiger partial charge in [0.1, 0.15) is 12.4 Å². The minimum absolute atomic E-state index is 0.553. The van der Waals surface area contributed by atoms with Gasteiger partial charge in [0.2, 0.25) is 0 Å². The van der Waals surface area contributed by atoms with Gasteiger partial charge in [0.05, 0.1) is 0 Å². The molecule has 1 aromatic carbocycles. The molecular weight excluding hydrogens is 210 g/mol. The summed E-state index contributed by atoms with van der Waals surface area (Å²) in [5.41, 5.74) is 2.38. The molecule has 1 rings (SSSR count). The van der Waals surface area contributed by atoms with E-state index >= 15 is 0 Å². The smallest absolute Gasteiger partial charge is 0.119 e. The van der Waals surface area contributed by atoms with Crippen molar-refractivity contribution in [3.8, 4) is 5.75 Å². The molecule has 1 aromatic rings. The van der Waals surface area contributed by atoms with Crippen molar-refractivity contribution in [2.75, 3.05) is 13.7 Å². The maximum Gasteiger partial charge on any atom is 0.119 e. The Morgan fingerprint density at radius 3 is 2.47 bits per heavy atom. The molecule has 17 heavy (non-hydrogen) atoms. The van der Waals surface area contributed by atoms with Crippen molar-refractivity contribution in [2.24, 2.45) is 0 Å².